The van der Waals surface area contributed by atoms with Crippen LogP contribution in [0.5, 0.6) is 0 Å². The van der Waals surface area contributed by atoms with Crippen molar-refractivity contribution in [3.8, 4) is 0 Å². The van der Waals surface area contributed by atoms with Crippen molar-refractivity contribution in [2.75, 3.05) is 13.2 Å². The number of fused-ring (bicyclic) bond motifs is 1. The maximum Gasteiger partial charge on any atom is 0.407 e. The molecule has 0 bridgehead atoms. The van der Waals surface area contributed by atoms with Gasteiger partial charge in [0.25, 0.3) is 0 Å². The minimum absolute atomic E-state index is 0.0274. The predicted molar refractivity (Wildman–Crippen MR) is 88.4 cm³/mol. The summed E-state index contributed by atoms with van der Waals surface area (Å²) >= 11 is 0. The van der Waals surface area contributed by atoms with E-state index in [1.807, 2.05) is 30.3 Å². The van der Waals surface area contributed by atoms with E-state index >= 15 is 0 Å². The Balaban J connectivity index is 1.77. The van der Waals surface area contributed by atoms with E-state index in [-0.39, 0.29) is 24.2 Å². The summed E-state index contributed by atoms with van der Waals surface area (Å²) in [5.74, 6) is -0.267. The van der Waals surface area contributed by atoms with Gasteiger partial charge in [0, 0.05) is 0 Å². The topological polar surface area (TPSA) is 67.9 Å². The first-order valence-corrected chi connectivity index (χ1v) is 8.50. The molecule has 2 heterocycles. The first-order valence-electron chi connectivity index (χ1n) is 8.50. The normalized spacial score (nSPS) is 27.3. The molecule has 3 rings (SSSR count). The van der Waals surface area contributed by atoms with Gasteiger partial charge < -0.3 is 14.8 Å². The third kappa shape index (κ3) is 3.53. The van der Waals surface area contributed by atoms with E-state index in [1.165, 1.54) is 0 Å². The highest BCUT2D eigenvalue weighted by Gasteiger charge is 2.45. The summed E-state index contributed by atoms with van der Waals surface area (Å²) < 4.78 is 10.6. The number of amides is 1. The van der Waals surface area contributed by atoms with E-state index in [4.69, 9.17) is 9.47 Å². The Kier molecular flexibility index (Phi) is 5.04. The largest absolute Gasteiger partial charge is 0.462 e. The van der Waals surface area contributed by atoms with E-state index in [2.05, 4.69) is 10.2 Å². The summed E-state index contributed by atoms with van der Waals surface area (Å²) in [6.07, 6.45) is 0.983. The molecule has 2 fully saturated rings. The van der Waals surface area contributed by atoms with Crippen molar-refractivity contribution in [2.24, 2.45) is 0 Å². The minimum atomic E-state index is -0.480. The number of benzene rings is 1. The zero-order chi connectivity index (χ0) is 17.1. The molecular weight excluding hydrogens is 308 g/mol. The zero-order valence-electron chi connectivity index (χ0n) is 14.1. The van der Waals surface area contributed by atoms with Crippen molar-refractivity contribution in [3.05, 3.63) is 35.9 Å². The van der Waals surface area contributed by atoms with Crippen LogP contribution in [0.1, 0.15) is 38.3 Å². The summed E-state index contributed by atoms with van der Waals surface area (Å²) in [7, 11) is 0. The molecule has 1 unspecified atom stereocenters. The number of hydrogen-bond donors (Lipinski definition) is 1. The van der Waals surface area contributed by atoms with Gasteiger partial charge in [-0.25, -0.2) is 4.79 Å². The third-order valence-electron chi connectivity index (χ3n) is 4.53. The van der Waals surface area contributed by atoms with Crippen LogP contribution >= 0.6 is 0 Å². The molecule has 2 saturated heterocycles. The SMILES string of the molecule is CC(C)OC(=O)N[C@H]1CCCN2C1C(=O)OC[C@@H]2c1ccccc1. The van der Waals surface area contributed by atoms with Gasteiger partial charge in [-0.3, -0.25) is 9.69 Å². The second-order valence-electron chi connectivity index (χ2n) is 6.59. The fourth-order valence-electron chi connectivity index (χ4n) is 3.53. The van der Waals surface area contributed by atoms with E-state index in [1.54, 1.807) is 13.8 Å². The van der Waals surface area contributed by atoms with Crippen LogP contribution in [0.4, 0.5) is 4.79 Å². The summed E-state index contributed by atoms with van der Waals surface area (Å²) in [4.78, 5) is 26.5. The number of carbonyl (C=O) groups excluding carboxylic acids is 2. The molecular formula is C18H24N2O4. The molecule has 24 heavy (non-hydrogen) atoms. The van der Waals surface area contributed by atoms with Crippen molar-refractivity contribution >= 4 is 12.1 Å². The Labute approximate surface area is 142 Å². The van der Waals surface area contributed by atoms with Crippen LogP contribution in [0.25, 0.3) is 0 Å². The molecule has 2 aliphatic rings. The molecule has 0 aliphatic carbocycles. The molecule has 1 amide bonds. The molecule has 1 aromatic rings. The Morgan fingerprint density at radius 2 is 2.08 bits per heavy atom. The lowest BCUT2D eigenvalue weighted by atomic mass is 9.91. The summed E-state index contributed by atoms with van der Waals surface area (Å²) in [6, 6.07) is 9.32. The number of nitrogens with one attached hydrogen (secondary N) is 1. The van der Waals surface area contributed by atoms with Gasteiger partial charge >= 0.3 is 12.1 Å². The Bertz CT molecular complexity index is 590. The van der Waals surface area contributed by atoms with Crippen LogP contribution in [0.2, 0.25) is 0 Å². The summed E-state index contributed by atoms with van der Waals surface area (Å²) in [5, 5.41) is 2.85. The monoisotopic (exact) mass is 332 g/mol. The summed E-state index contributed by atoms with van der Waals surface area (Å²) in [6.45, 7) is 4.76. The van der Waals surface area contributed by atoms with Crippen LogP contribution < -0.4 is 5.32 Å². The van der Waals surface area contributed by atoms with Gasteiger partial charge in [0.1, 0.15) is 12.6 Å². The molecule has 0 spiro atoms. The van der Waals surface area contributed by atoms with E-state index < -0.39 is 12.1 Å². The number of esters is 1. The van der Waals surface area contributed by atoms with Crippen molar-refractivity contribution in [1.82, 2.24) is 10.2 Å². The van der Waals surface area contributed by atoms with E-state index in [0.717, 1.165) is 24.9 Å². The lowest BCUT2D eigenvalue weighted by molar-refractivity contribution is -0.167. The number of carbonyl (C=O) groups is 2. The van der Waals surface area contributed by atoms with Crippen LogP contribution in [-0.2, 0) is 14.3 Å². The molecule has 130 valence electrons. The van der Waals surface area contributed by atoms with Gasteiger partial charge in [0.05, 0.1) is 18.2 Å². The van der Waals surface area contributed by atoms with Crippen molar-refractivity contribution in [3.63, 3.8) is 0 Å². The predicted octanol–water partition coefficient (Wildman–Crippen LogP) is 2.25. The Morgan fingerprint density at radius 1 is 1.33 bits per heavy atom. The molecule has 1 aromatic carbocycles. The standard InChI is InChI=1S/C18H24N2O4/c1-12(2)24-18(22)19-14-9-6-10-20-15(11-23-17(21)16(14)20)13-7-4-3-5-8-13/h3-5,7-8,12,14-16H,6,9-11H2,1-2H3,(H,19,22)/t14-,15+,16?/m0/s1. The molecule has 0 aromatic heterocycles. The highest BCUT2D eigenvalue weighted by atomic mass is 16.6. The van der Waals surface area contributed by atoms with Gasteiger partial charge in [-0.1, -0.05) is 30.3 Å². The van der Waals surface area contributed by atoms with Crippen LogP contribution in [0.3, 0.4) is 0 Å². The van der Waals surface area contributed by atoms with Crippen LogP contribution in [0.15, 0.2) is 30.3 Å². The lowest BCUT2D eigenvalue weighted by Crippen LogP contribution is -2.63. The maximum atomic E-state index is 12.4. The maximum absolute atomic E-state index is 12.4. The first-order chi connectivity index (χ1) is 11.6. The average molecular weight is 332 g/mol. The second-order valence-corrected chi connectivity index (χ2v) is 6.59. The zero-order valence-corrected chi connectivity index (χ0v) is 14.1. The number of alkyl carbamates (subject to hydrolysis) is 1. The Hall–Kier alpha value is -2.08. The van der Waals surface area contributed by atoms with Crippen LogP contribution in [-0.4, -0.2) is 48.3 Å². The smallest absolute Gasteiger partial charge is 0.407 e. The molecule has 1 N–H and O–H groups in total. The fourth-order valence-corrected chi connectivity index (χ4v) is 3.53. The number of rotatable bonds is 3. The molecule has 2 aliphatic heterocycles. The van der Waals surface area contributed by atoms with Gasteiger partial charge in [-0.05, 0) is 38.8 Å². The number of piperidine rings is 1. The number of cyclic esters (lactones) is 1. The quantitative estimate of drug-likeness (QED) is 0.860. The highest BCUT2D eigenvalue weighted by molar-refractivity contribution is 5.79. The number of morpholine rings is 1. The summed E-state index contributed by atoms with van der Waals surface area (Å²) in [5.41, 5.74) is 1.13. The minimum Gasteiger partial charge on any atom is -0.462 e. The number of hydrogen-bond acceptors (Lipinski definition) is 5. The third-order valence-corrected chi connectivity index (χ3v) is 4.53. The highest BCUT2D eigenvalue weighted by Crippen LogP contribution is 2.33. The fraction of sp³-hybridized carbons (Fsp3) is 0.556. The molecule has 0 saturated carbocycles. The lowest BCUT2D eigenvalue weighted by Gasteiger charge is -2.46. The number of ether oxygens (including phenoxy) is 2. The molecule has 0 radical (unpaired) electrons. The average Bonchev–Trinajstić information content (AvgIpc) is 2.55. The molecule has 6 nitrogen and oxygen atoms in total. The van der Waals surface area contributed by atoms with Gasteiger partial charge in [-0.15, -0.1) is 0 Å². The van der Waals surface area contributed by atoms with Crippen molar-refractivity contribution in [1.29, 1.82) is 0 Å². The van der Waals surface area contributed by atoms with Gasteiger partial charge in [-0.2, -0.15) is 0 Å². The van der Waals surface area contributed by atoms with Crippen molar-refractivity contribution in [2.45, 2.75) is 50.9 Å². The molecule has 3 atom stereocenters. The Morgan fingerprint density at radius 3 is 2.79 bits per heavy atom. The number of nitrogens with zero attached hydrogens (tertiary/aromatic N) is 1. The van der Waals surface area contributed by atoms with Crippen LogP contribution in [0, 0.1) is 0 Å². The second kappa shape index (κ2) is 7.21. The van der Waals surface area contributed by atoms with E-state index in [0.29, 0.717) is 6.61 Å². The molecule has 6 heteroatoms. The first kappa shape index (κ1) is 16.8. The van der Waals surface area contributed by atoms with Crippen molar-refractivity contribution < 1.29 is 19.1 Å². The van der Waals surface area contributed by atoms with E-state index in [9.17, 15) is 9.59 Å². The van der Waals surface area contributed by atoms with Gasteiger partial charge in [0.15, 0.2) is 0 Å². The van der Waals surface area contributed by atoms with Gasteiger partial charge in [0.2, 0.25) is 0 Å².